The van der Waals surface area contributed by atoms with E-state index in [9.17, 15) is 18.3 Å². The van der Waals surface area contributed by atoms with Crippen LogP contribution in [-0.2, 0) is 6.18 Å². The van der Waals surface area contributed by atoms with Crippen molar-refractivity contribution in [2.45, 2.75) is 20.0 Å². The van der Waals surface area contributed by atoms with Gasteiger partial charge in [0.05, 0.1) is 23.4 Å². The van der Waals surface area contributed by atoms with Crippen molar-refractivity contribution < 1.29 is 18.3 Å². The molecule has 0 saturated carbocycles. The quantitative estimate of drug-likeness (QED) is 0.779. The van der Waals surface area contributed by atoms with Crippen molar-refractivity contribution in [2.24, 2.45) is 5.92 Å². The first-order chi connectivity index (χ1) is 12.2. The van der Waals surface area contributed by atoms with E-state index in [2.05, 4.69) is 4.98 Å². The number of thiazole rings is 1. The SMILES string of the molecule is CC(C)CN1CC(O)=C(c2nc(-c3cccc(C(F)(F)F)c3)cs2)C1=N. The molecule has 1 aromatic heterocycles. The van der Waals surface area contributed by atoms with E-state index in [0.29, 0.717) is 34.3 Å². The molecule has 8 heteroatoms. The average molecular weight is 381 g/mol. The molecule has 0 fully saturated rings. The molecule has 0 radical (unpaired) electrons. The molecule has 0 spiro atoms. The molecule has 1 aromatic carbocycles. The van der Waals surface area contributed by atoms with Gasteiger partial charge in [0, 0.05) is 17.5 Å². The maximum Gasteiger partial charge on any atom is 0.416 e. The zero-order valence-corrected chi connectivity index (χ0v) is 15.1. The molecule has 1 aliphatic rings. The second-order valence-corrected chi connectivity index (χ2v) is 7.42. The summed E-state index contributed by atoms with van der Waals surface area (Å²) >= 11 is 1.21. The summed E-state index contributed by atoms with van der Waals surface area (Å²) in [4.78, 5) is 6.13. The molecule has 3 rings (SSSR count). The smallest absolute Gasteiger partial charge is 0.416 e. The topological polar surface area (TPSA) is 60.2 Å². The molecular weight excluding hydrogens is 363 g/mol. The fourth-order valence-electron chi connectivity index (χ4n) is 2.83. The maximum atomic E-state index is 12.9. The monoisotopic (exact) mass is 381 g/mol. The van der Waals surface area contributed by atoms with E-state index in [1.165, 1.54) is 17.4 Å². The average Bonchev–Trinajstić information content (AvgIpc) is 3.12. The summed E-state index contributed by atoms with van der Waals surface area (Å²) in [5.74, 6) is 0.598. The molecule has 0 unspecified atom stereocenters. The van der Waals surface area contributed by atoms with Gasteiger partial charge in [0.2, 0.25) is 0 Å². The summed E-state index contributed by atoms with van der Waals surface area (Å²) in [5.41, 5.74) is 0.370. The van der Waals surface area contributed by atoms with Crippen LogP contribution >= 0.6 is 11.3 Å². The lowest BCUT2D eigenvalue weighted by molar-refractivity contribution is -0.137. The Bertz CT molecular complexity index is 871. The van der Waals surface area contributed by atoms with Crippen LogP contribution in [0.15, 0.2) is 35.4 Å². The number of nitrogens with one attached hydrogen (secondary N) is 1. The first-order valence-corrected chi connectivity index (χ1v) is 8.94. The lowest BCUT2D eigenvalue weighted by Gasteiger charge is -2.20. The number of amidine groups is 1. The minimum absolute atomic E-state index is 0.0700. The highest BCUT2D eigenvalue weighted by Gasteiger charge is 2.32. The van der Waals surface area contributed by atoms with Gasteiger partial charge >= 0.3 is 6.18 Å². The van der Waals surface area contributed by atoms with Crippen LogP contribution in [-0.4, -0.2) is 33.9 Å². The van der Waals surface area contributed by atoms with Crippen LogP contribution in [0.1, 0.15) is 24.4 Å². The Morgan fingerprint density at radius 3 is 2.73 bits per heavy atom. The minimum Gasteiger partial charge on any atom is -0.510 e. The van der Waals surface area contributed by atoms with E-state index >= 15 is 0 Å². The Morgan fingerprint density at radius 2 is 2.08 bits per heavy atom. The van der Waals surface area contributed by atoms with Crippen LogP contribution in [0.25, 0.3) is 16.8 Å². The van der Waals surface area contributed by atoms with E-state index in [0.717, 1.165) is 12.1 Å². The number of hydrogen-bond acceptors (Lipinski definition) is 4. The highest BCUT2D eigenvalue weighted by atomic mass is 32.1. The molecule has 138 valence electrons. The lowest BCUT2D eigenvalue weighted by Crippen LogP contribution is -2.30. The third-order valence-corrected chi connectivity index (χ3v) is 4.83. The summed E-state index contributed by atoms with van der Waals surface area (Å²) in [6.07, 6.45) is -4.42. The number of aromatic nitrogens is 1. The van der Waals surface area contributed by atoms with Gasteiger partial charge in [-0.1, -0.05) is 26.0 Å². The first kappa shape index (κ1) is 18.4. The number of benzene rings is 1. The van der Waals surface area contributed by atoms with E-state index in [-0.39, 0.29) is 18.1 Å². The normalized spacial score (nSPS) is 15.5. The zero-order chi connectivity index (χ0) is 19.1. The van der Waals surface area contributed by atoms with Crippen LogP contribution in [0.3, 0.4) is 0 Å². The highest BCUT2D eigenvalue weighted by molar-refractivity contribution is 7.11. The fourth-order valence-corrected chi connectivity index (χ4v) is 3.73. The summed E-state index contributed by atoms with van der Waals surface area (Å²) in [6, 6.07) is 4.98. The third-order valence-electron chi connectivity index (χ3n) is 3.97. The van der Waals surface area contributed by atoms with Crippen molar-refractivity contribution in [1.29, 1.82) is 5.41 Å². The van der Waals surface area contributed by atoms with E-state index in [1.54, 1.807) is 16.3 Å². The van der Waals surface area contributed by atoms with Crippen LogP contribution in [0, 0.1) is 11.3 Å². The number of halogens is 3. The molecule has 0 atom stereocenters. The van der Waals surface area contributed by atoms with Gasteiger partial charge in [-0.3, -0.25) is 5.41 Å². The van der Waals surface area contributed by atoms with Gasteiger partial charge < -0.3 is 10.0 Å². The Kier molecular flexibility index (Phi) is 4.79. The maximum absolute atomic E-state index is 12.9. The van der Waals surface area contributed by atoms with Crippen LogP contribution in [0.4, 0.5) is 13.2 Å². The van der Waals surface area contributed by atoms with Gasteiger partial charge in [-0.15, -0.1) is 11.3 Å². The molecule has 2 N–H and O–H groups in total. The van der Waals surface area contributed by atoms with Gasteiger partial charge in [0.1, 0.15) is 16.6 Å². The third kappa shape index (κ3) is 3.60. The second kappa shape index (κ2) is 6.75. The Morgan fingerprint density at radius 1 is 1.35 bits per heavy atom. The fraction of sp³-hybridized carbons (Fsp3) is 0.333. The predicted octanol–water partition coefficient (Wildman–Crippen LogP) is 5.05. The van der Waals surface area contributed by atoms with Crippen molar-refractivity contribution in [1.82, 2.24) is 9.88 Å². The van der Waals surface area contributed by atoms with E-state index in [1.807, 2.05) is 13.8 Å². The molecule has 1 aliphatic heterocycles. The molecule has 0 bridgehead atoms. The summed E-state index contributed by atoms with van der Waals surface area (Å²) in [6.45, 7) is 4.94. The number of rotatable bonds is 4. The Hall–Kier alpha value is -2.35. The van der Waals surface area contributed by atoms with Crippen LogP contribution < -0.4 is 0 Å². The van der Waals surface area contributed by atoms with Gasteiger partial charge in [0.15, 0.2) is 0 Å². The summed E-state index contributed by atoms with van der Waals surface area (Å²) < 4.78 is 38.7. The second-order valence-electron chi connectivity index (χ2n) is 6.56. The van der Waals surface area contributed by atoms with E-state index in [4.69, 9.17) is 5.41 Å². The predicted molar refractivity (Wildman–Crippen MR) is 96.2 cm³/mol. The number of hydrogen-bond donors (Lipinski definition) is 2. The van der Waals surface area contributed by atoms with Gasteiger partial charge in [0.25, 0.3) is 0 Å². The molecule has 2 aromatic rings. The first-order valence-electron chi connectivity index (χ1n) is 8.06. The highest BCUT2D eigenvalue weighted by Crippen LogP contribution is 2.35. The summed E-state index contributed by atoms with van der Waals surface area (Å²) in [7, 11) is 0. The van der Waals surface area contributed by atoms with Gasteiger partial charge in [-0.05, 0) is 18.1 Å². The van der Waals surface area contributed by atoms with Gasteiger partial charge in [-0.25, -0.2) is 4.98 Å². The molecule has 26 heavy (non-hydrogen) atoms. The van der Waals surface area contributed by atoms with E-state index < -0.39 is 11.7 Å². The number of aliphatic hydroxyl groups is 1. The standard InChI is InChI=1S/C18H18F3N3OS/c1-10(2)7-24-8-14(25)15(16(24)22)17-23-13(9-26-17)11-4-3-5-12(6-11)18(19,20)21/h3-6,9-10,22,25H,7-8H2,1-2H3. The molecule has 0 aliphatic carbocycles. The van der Waals surface area contributed by atoms with Crippen molar-refractivity contribution in [3.63, 3.8) is 0 Å². The largest absolute Gasteiger partial charge is 0.510 e. The minimum atomic E-state index is -4.42. The van der Waals surface area contributed by atoms with Crippen molar-refractivity contribution in [2.75, 3.05) is 13.1 Å². The van der Waals surface area contributed by atoms with Crippen LogP contribution in [0.2, 0.25) is 0 Å². The van der Waals surface area contributed by atoms with Crippen molar-refractivity contribution in [3.05, 3.63) is 46.0 Å². The number of nitrogens with zero attached hydrogens (tertiary/aromatic N) is 2. The van der Waals surface area contributed by atoms with Crippen LogP contribution in [0.5, 0.6) is 0 Å². The molecule has 0 amide bonds. The Balaban J connectivity index is 1.89. The molecule has 4 nitrogen and oxygen atoms in total. The van der Waals surface area contributed by atoms with Gasteiger partial charge in [-0.2, -0.15) is 13.2 Å². The summed E-state index contributed by atoms with van der Waals surface area (Å²) in [5, 5.41) is 20.6. The lowest BCUT2D eigenvalue weighted by atomic mass is 10.1. The molecule has 2 heterocycles. The Labute approximate surface area is 153 Å². The zero-order valence-electron chi connectivity index (χ0n) is 14.3. The van der Waals surface area contributed by atoms with Crippen molar-refractivity contribution >= 4 is 22.7 Å². The number of aliphatic hydroxyl groups excluding tert-OH is 1. The molecule has 0 saturated heterocycles. The number of alkyl halides is 3. The molecular formula is C18H18F3N3OS. The van der Waals surface area contributed by atoms with Crippen molar-refractivity contribution in [3.8, 4) is 11.3 Å².